The topological polar surface area (TPSA) is 105 Å². The molecule has 1 fully saturated rings. The van der Waals surface area contributed by atoms with Gasteiger partial charge in [0, 0.05) is 0 Å². The van der Waals surface area contributed by atoms with Gasteiger partial charge in [0.05, 0.1) is 10.8 Å². The zero-order valence-electron chi connectivity index (χ0n) is 8.90. The largest absolute Gasteiger partial charge is 0.409 e. The van der Waals surface area contributed by atoms with E-state index in [1.165, 1.54) is 0 Å². The quantitative estimate of drug-likeness (QED) is 0.269. The van der Waals surface area contributed by atoms with Crippen molar-refractivity contribution < 1.29 is 13.6 Å². The highest BCUT2D eigenvalue weighted by atomic mass is 32.2. The normalized spacial score (nSPS) is 22.4. The summed E-state index contributed by atoms with van der Waals surface area (Å²) < 4.78 is 25.9. The molecule has 0 amide bonds. The Balaban J connectivity index is 2.85. The van der Waals surface area contributed by atoms with Gasteiger partial charge >= 0.3 is 0 Å². The highest BCUT2D eigenvalue weighted by Crippen LogP contribution is 2.29. The third-order valence-electron chi connectivity index (χ3n) is 2.71. The van der Waals surface area contributed by atoms with Gasteiger partial charge in [-0.25, -0.2) is 13.1 Å². The Bertz CT molecular complexity index is 361. The number of nitrogens with two attached hydrogens (primary N) is 1. The molecule has 7 heteroatoms. The zero-order chi connectivity index (χ0) is 11.7. The summed E-state index contributed by atoms with van der Waals surface area (Å²) in [7, 11) is -3.33. The minimum Gasteiger partial charge on any atom is -0.409 e. The molecule has 4 N–H and O–H groups in total. The lowest BCUT2D eigenvalue weighted by molar-refractivity contribution is 0.310. The van der Waals surface area contributed by atoms with Crippen molar-refractivity contribution in [1.29, 1.82) is 0 Å². The summed E-state index contributed by atoms with van der Waals surface area (Å²) in [6.45, 7) is 3.37. The van der Waals surface area contributed by atoms with E-state index < -0.39 is 15.6 Å². The number of nitrogens with zero attached hydrogens (tertiary/aromatic N) is 1. The van der Waals surface area contributed by atoms with Gasteiger partial charge in [-0.2, -0.15) is 0 Å². The van der Waals surface area contributed by atoms with Gasteiger partial charge in [0.2, 0.25) is 10.0 Å². The van der Waals surface area contributed by atoms with E-state index in [0.29, 0.717) is 19.3 Å². The molecule has 1 unspecified atom stereocenters. The minimum absolute atomic E-state index is 0.116. The molecule has 0 aliphatic heterocycles. The van der Waals surface area contributed by atoms with Crippen LogP contribution in [0.1, 0.15) is 33.1 Å². The van der Waals surface area contributed by atoms with E-state index in [0.717, 1.165) is 0 Å². The summed E-state index contributed by atoms with van der Waals surface area (Å²) in [6.07, 6.45) is 1.80. The third-order valence-corrected chi connectivity index (χ3v) is 4.80. The fourth-order valence-corrected chi connectivity index (χ4v) is 2.99. The second-order valence-corrected chi connectivity index (χ2v) is 5.98. The van der Waals surface area contributed by atoms with Crippen LogP contribution in [-0.2, 0) is 10.0 Å². The molecule has 1 rings (SSSR count). The third kappa shape index (κ3) is 2.60. The van der Waals surface area contributed by atoms with E-state index in [2.05, 4.69) is 9.88 Å². The molecule has 0 radical (unpaired) electrons. The number of oxime groups is 1. The van der Waals surface area contributed by atoms with E-state index in [1.54, 1.807) is 13.8 Å². The molecule has 0 aromatic carbocycles. The standard InChI is InChI=1S/C8H17N3O3S/c1-3-8(2,7(9)10-12)11-15(13,14)6-4-5-6/h6,11-12H,3-5H2,1-2H3,(H2,9,10). The van der Waals surface area contributed by atoms with Crippen molar-refractivity contribution in [2.24, 2.45) is 10.9 Å². The van der Waals surface area contributed by atoms with Gasteiger partial charge in [0.15, 0.2) is 5.84 Å². The molecule has 1 atom stereocenters. The van der Waals surface area contributed by atoms with Gasteiger partial charge in [0.1, 0.15) is 0 Å². The Kier molecular flexibility index (Phi) is 3.25. The molecular weight excluding hydrogens is 218 g/mol. The maximum absolute atomic E-state index is 11.7. The molecule has 88 valence electrons. The minimum atomic E-state index is -3.33. The Morgan fingerprint density at radius 2 is 2.20 bits per heavy atom. The summed E-state index contributed by atoms with van der Waals surface area (Å²) in [5, 5.41) is 11.1. The molecular formula is C8H17N3O3S. The summed E-state index contributed by atoms with van der Waals surface area (Å²) in [5.74, 6) is -0.116. The van der Waals surface area contributed by atoms with Crippen LogP contribution in [0.2, 0.25) is 0 Å². The van der Waals surface area contributed by atoms with Gasteiger partial charge in [-0.3, -0.25) is 0 Å². The molecule has 1 aliphatic rings. The van der Waals surface area contributed by atoms with E-state index >= 15 is 0 Å². The van der Waals surface area contributed by atoms with E-state index in [4.69, 9.17) is 10.9 Å². The fourth-order valence-electron chi connectivity index (χ4n) is 1.19. The average Bonchev–Trinajstić information content (AvgIpc) is 2.98. The summed E-state index contributed by atoms with van der Waals surface area (Å²) in [5.41, 5.74) is 4.46. The molecule has 6 nitrogen and oxygen atoms in total. The van der Waals surface area contributed by atoms with Crippen LogP contribution in [0.3, 0.4) is 0 Å². The van der Waals surface area contributed by atoms with Crippen molar-refractivity contribution in [3.63, 3.8) is 0 Å². The second kappa shape index (κ2) is 3.97. The van der Waals surface area contributed by atoms with Gasteiger partial charge < -0.3 is 10.9 Å². The van der Waals surface area contributed by atoms with Crippen LogP contribution in [0.15, 0.2) is 5.16 Å². The maximum Gasteiger partial charge on any atom is 0.215 e. The molecule has 0 spiro atoms. The predicted octanol–water partition coefficient (Wildman–Crippen LogP) is -0.0167. The molecule has 0 aromatic rings. The van der Waals surface area contributed by atoms with Crippen molar-refractivity contribution in [2.75, 3.05) is 0 Å². The van der Waals surface area contributed by atoms with Crippen LogP contribution < -0.4 is 10.5 Å². The highest BCUT2D eigenvalue weighted by Gasteiger charge is 2.41. The van der Waals surface area contributed by atoms with E-state index in [9.17, 15) is 8.42 Å². The van der Waals surface area contributed by atoms with Crippen molar-refractivity contribution in [3.05, 3.63) is 0 Å². The smallest absolute Gasteiger partial charge is 0.215 e. The number of hydrogen-bond donors (Lipinski definition) is 3. The van der Waals surface area contributed by atoms with E-state index in [-0.39, 0.29) is 11.1 Å². The van der Waals surface area contributed by atoms with Crippen LogP contribution >= 0.6 is 0 Å². The molecule has 0 heterocycles. The van der Waals surface area contributed by atoms with Gasteiger partial charge in [-0.15, -0.1) is 0 Å². The molecule has 0 saturated heterocycles. The van der Waals surface area contributed by atoms with Crippen molar-refractivity contribution in [2.45, 2.75) is 43.9 Å². The molecule has 1 saturated carbocycles. The lowest BCUT2D eigenvalue weighted by atomic mass is 10.00. The maximum atomic E-state index is 11.7. The fraction of sp³-hybridized carbons (Fsp3) is 0.875. The van der Waals surface area contributed by atoms with Crippen LogP contribution in [0.25, 0.3) is 0 Å². The molecule has 1 aliphatic carbocycles. The molecule has 15 heavy (non-hydrogen) atoms. The molecule has 0 bridgehead atoms. The number of rotatable bonds is 5. The van der Waals surface area contributed by atoms with Crippen LogP contribution in [0, 0.1) is 0 Å². The number of hydrogen-bond acceptors (Lipinski definition) is 4. The second-order valence-electron chi connectivity index (χ2n) is 4.02. The average molecular weight is 235 g/mol. The first-order valence-electron chi connectivity index (χ1n) is 4.86. The van der Waals surface area contributed by atoms with Crippen molar-refractivity contribution >= 4 is 15.9 Å². The number of sulfonamides is 1. The zero-order valence-corrected chi connectivity index (χ0v) is 9.71. The highest BCUT2D eigenvalue weighted by molar-refractivity contribution is 7.90. The Morgan fingerprint density at radius 3 is 2.53 bits per heavy atom. The van der Waals surface area contributed by atoms with Crippen molar-refractivity contribution in [3.8, 4) is 0 Å². The van der Waals surface area contributed by atoms with Gasteiger partial charge in [-0.05, 0) is 26.2 Å². The Hall–Kier alpha value is -0.820. The summed E-state index contributed by atoms with van der Waals surface area (Å²) >= 11 is 0. The van der Waals surface area contributed by atoms with Crippen molar-refractivity contribution in [1.82, 2.24) is 4.72 Å². The lowest BCUT2D eigenvalue weighted by Crippen LogP contribution is -2.55. The first-order valence-corrected chi connectivity index (χ1v) is 6.41. The number of nitrogens with one attached hydrogen (secondary N) is 1. The summed E-state index contributed by atoms with van der Waals surface area (Å²) in [4.78, 5) is 0. The Labute approximate surface area is 89.6 Å². The SMILES string of the molecule is CCC(C)(NS(=O)(=O)C1CC1)C(N)=NO. The van der Waals surface area contributed by atoms with Gasteiger partial charge in [-0.1, -0.05) is 12.1 Å². The monoisotopic (exact) mass is 235 g/mol. The number of amidine groups is 1. The summed E-state index contributed by atoms with van der Waals surface area (Å²) in [6, 6.07) is 0. The van der Waals surface area contributed by atoms with Gasteiger partial charge in [0.25, 0.3) is 0 Å². The first-order chi connectivity index (χ1) is 6.85. The lowest BCUT2D eigenvalue weighted by Gasteiger charge is -2.27. The molecule has 0 aromatic heterocycles. The van der Waals surface area contributed by atoms with Crippen LogP contribution in [0.5, 0.6) is 0 Å². The van der Waals surface area contributed by atoms with E-state index in [1.807, 2.05) is 0 Å². The Morgan fingerprint density at radius 1 is 1.67 bits per heavy atom. The first kappa shape index (κ1) is 12.3. The van der Waals surface area contributed by atoms with Crippen LogP contribution in [-0.4, -0.2) is 30.2 Å². The predicted molar refractivity (Wildman–Crippen MR) is 57.2 cm³/mol. The van der Waals surface area contributed by atoms with Crippen LogP contribution in [0.4, 0.5) is 0 Å².